The van der Waals surface area contributed by atoms with Crippen molar-refractivity contribution in [3.05, 3.63) is 0 Å². The molecule has 1 aliphatic heterocycles. The molecule has 1 aliphatic rings. The molecule has 4 heteroatoms. The molecule has 0 radical (unpaired) electrons. The third kappa shape index (κ3) is 6.41. The van der Waals surface area contributed by atoms with Crippen LogP contribution in [0, 0.1) is 5.41 Å². The summed E-state index contributed by atoms with van der Waals surface area (Å²) in [7, 11) is 1.75. The smallest absolute Gasteiger partial charge is 0.0587 e. The first-order chi connectivity index (χ1) is 8.47. The molecule has 0 aromatic heterocycles. The van der Waals surface area contributed by atoms with Gasteiger partial charge in [0.2, 0.25) is 0 Å². The van der Waals surface area contributed by atoms with E-state index in [1.54, 1.807) is 7.11 Å². The van der Waals surface area contributed by atoms with Crippen molar-refractivity contribution in [3.8, 4) is 0 Å². The number of hydrogen-bond donors (Lipinski definition) is 1. The monoisotopic (exact) mass is 275 g/mol. The van der Waals surface area contributed by atoms with E-state index in [1.165, 1.54) is 18.6 Å². The van der Waals surface area contributed by atoms with Crippen LogP contribution in [-0.4, -0.2) is 50.5 Å². The molecule has 0 aliphatic carbocycles. The van der Waals surface area contributed by atoms with E-state index in [-0.39, 0.29) is 0 Å². The van der Waals surface area contributed by atoms with Crippen LogP contribution in [0.2, 0.25) is 0 Å². The van der Waals surface area contributed by atoms with Crippen LogP contribution in [0.25, 0.3) is 0 Å². The first-order valence-corrected chi connectivity index (χ1v) is 7.87. The molecule has 1 unspecified atom stereocenters. The zero-order valence-electron chi connectivity index (χ0n) is 12.4. The summed E-state index contributed by atoms with van der Waals surface area (Å²) in [5.41, 5.74) is 0.353. The summed E-state index contributed by atoms with van der Waals surface area (Å²) >= 11 is 2.05. The summed E-state index contributed by atoms with van der Waals surface area (Å²) in [6.45, 7) is 11.5. The minimum absolute atomic E-state index is 0.353. The maximum atomic E-state index is 5.62. The van der Waals surface area contributed by atoms with E-state index in [0.29, 0.717) is 10.2 Å². The highest BCUT2D eigenvalue weighted by Crippen LogP contribution is 2.35. The van der Waals surface area contributed by atoms with Crippen molar-refractivity contribution >= 4 is 11.8 Å². The molecule has 0 saturated carbocycles. The molecule has 1 fully saturated rings. The van der Waals surface area contributed by atoms with Crippen molar-refractivity contribution in [3.63, 3.8) is 0 Å². The maximum Gasteiger partial charge on any atom is 0.0587 e. The van der Waals surface area contributed by atoms with Gasteiger partial charge in [-0.3, -0.25) is 0 Å². The summed E-state index contributed by atoms with van der Waals surface area (Å²) in [5.74, 6) is 1.22. The average molecular weight is 275 g/mol. The van der Waals surface area contributed by atoms with Crippen molar-refractivity contribution in [2.75, 3.05) is 45.8 Å². The van der Waals surface area contributed by atoms with Crippen LogP contribution in [0.5, 0.6) is 0 Å². The lowest BCUT2D eigenvalue weighted by molar-refractivity contribution is 0.143. The molecular formula is C14H29NO2S. The predicted molar refractivity (Wildman–Crippen MR) is 79.4 cm³/mol. The van der Waals surface area contributed by atoms with Crippen LogP contribution >= 0.6 is 11.8 Å². The fourth-order valence-corrected chi connectivity index (χ4v) is 3.32. The zero-order chi connectivity index (χ0) is 13.5. The van der Waals surface area contributed by atoms with E-state index in [9.17, 15) is 0 Å². The molecule has 18 heavy (non-hydrogen) atoms. The Morgan fingerprint density at radius 1 is 1.39 bits per heavy atom. The fourth-order valence-electron chi connectivity index (χ4n) is 2.18. The highest BCUT2D eigenvalue weighted by molar-refractivity contribution is 8.00. The Morgan fingerprint density at radius 3 is 2.72 bits per heavy atom. The Morgan fingerprint density at radius 2 is 2.17 bits per heavy atom. The molecule has 1 saturated heterocycles. The number of rotatable bonds is 8. The van der Waals surface area contributed by atoms with E-state index < -0.39 is 0 Å². The standard InChI is InChI=1S/C14H29NO2S/c1-13(2,3)18-10-6-14(5-8-17-12-14)11-15-7-9-16-4/h15H,5-12H2,1-4H3. The summed E-state index contributed by atoms with van der Waals surface area (Å²) < 4.78 is 11.1. The van der Waals surface area contributed by atoms with Gasteiger partial charge in [-0.25, -0.2) is 0 Å². The second-order valence-corrected chi connectivity index (χ2v) is 8.10. The van der Waals surface area contributed by atoms with Crippen LogP contribution in [0.4, 0.5) is 0 Å². The van der Waals surface area contributed by atoms with Gasteiger partial charge in [-0.15, -0.1) is 0 Å². The number of thioether (sulfide) groups is 1. The molecule has 0 spiro atoms. The Kier molecular flexibility index (Phi) is 6.99. The molecule has 0 aromatic carbocycles. The van der Waals surface area contributed by atoms with Gasteiger partial charge in [0, 0.05) is 37.0 Å². The number of hydrogen-bond acceptors (Lipinski definition) is 4. The molecule has 1 atom stereocenters. The fraction of sp³-hybridized carbons (Fsp3) is 1.00. The van der Waals surface area contributed by atoms with Crippen molar-refractivity contribution in [1.82, 2.24) is 5.32 Å². The van der Waals surface area contributed by atoms with E-state index in [0.717, 1.165) is 32.9 Å². The molecule has 0 bridgehead atoms. The van der Waals surface area contributed by atoms with Gasteiger partial charge in [0.15, 0.2) is 0 Å². The molecule has 0 aromatic rings. The number of methoxy groups -OCH3 is 1. The van der Waals surface area contributed by atoms with Crippen LogP contribution in [-0.2, 0) is 9.47 Å². The topological polar surface area (TPSA) is 30.5 Å². The summed E-state index contributed by atoms with van der Waals surface area (Å²) in [5, 5.41) is 3.50. The second-order valence-electron chi connectivity index (χ2n) is 6.18. The molecule has 3 nitrogen and oxygen atoms in total. The largest absolute Gasteiger partial charge is 0.383 e. The first kappa shape index (κ1) is 16.3. The predicted octanol–water partition coefficient (Wildman–Crippen LogP) is 2.55. The Hall–Kier alpha value is 0.230. The Labute approximate surface area is 116 Å². The lowest BCUT2D eigenvalue weighted by Gasteiger charge is -2.29. The normalized spacial score (nSPS) is 24.7. The van der Waals surface area contributed by atoms with Crippen molar-refractivity contribution < 1.29 is 9.47 Å². The highest BCUT2D eigenvalue weighted by atomic mass is 32.2. The summed E-state index contributed by atoms with van der Waals surface area (Å²) in [4.78, 5) is 0. The molecule has 1 N–H and O–H groups in total. The minimum Gasteiger partial charge on any atom is -0.383 e. The van der Waals surface area contributed by atoms with E-state index in [2.05, 4.69) is 37.8 Å². The maximum absolute atomic E-state index is 5.62. The lowest BCUT2D eigenvalue weighted by atomic mass is 9.84. The van der Waals surface area contributed by atoms with Gasteiger partial charge in [0.25, 0.3) is 0 Å². The van der Waals surface area contributed by atoms with Crippen molar-refractivity contribution in [2.45, 2.75) is 38.4 Å². The summed E-state index contributed by atoms with van der Waals surface area (Å²) in [6.07, 6.45) is 2.44. The Balaban J connectivity index is 2.29. The number of ether oxygens (including phenoxy) is 2. The zero-order valence-corrected chi connectivity index (χ0v) is 13.2. The molecule has 108 valence electrons. The second kappa shape index (κ2) is 7.73. The van der Waals surface area contributed by atoms with Crippen LogP contribution < -0.4 is 5.32 Å². The van der Waals surface area contributed by atoms with Crippen LogP contribution in [0.15, 0.2) is 0 Å². The summed E-state index contributed by atoms with van der Waals surface area (Å²) in [6, 6.07) is 0. The minimum atomic E-state index is 0.353. The lowest BCUT2D eigenvalue weighted by Crippen LogP contribution is -2.37. The molecule has 1 rings (SSSR count). The van der Waals surface area contributed by atoms with Gasteiger partial charge in [-0.2, -0.15) is 11.8 Å². The van der Waals surface area contributed by atoms with Gasteiger partial charge < -0.3 is 14.8 Å². The highest BCUT2D eigenvalue weighted by Gasteiger charge is 2.34. The molecule has 1 heterocycles. The van der Waals surface area contributed by atoms with Gasteiger partial charge in [0.1, 0.15) is 0 Å². The van der Waals surface area contributed by atoms with Crippen LogP contribution in [0.3, 0.4) is 0 Å². The quantitative estimate of drug-likeness (QED) is 0.690. The number of nitrogens with one attached hydrogen (secondary N) is 1. The SMILES string of the molecule is COCCNCC1(CCSC(C)(C)C)CCOC1. The average Bonchev–Trinajstić information content (AvgIpc) is 2.72. The Bertz CT molecular complexity index is 222. The third-order valence-electron chi connectivity index (χ3n) is 3.34. The van der Waals surface area contributed by atoms with Crippen LogP contribution in [0.1, 0.15) is 33.6 Å². The van der Waals surface area contributed by atoms with E-state index in [4.69, 9.17) is 9.47 Å². The molecular weight excluding hydrogens is 246 g/mol. The van der Waals surface area contributed by atoms with Gasteiger partial charge in [-0.1, -0.05) is 20.8 Å². The molecule has 0 amide bonds. The van der Waals surface area contributed by atoms with Crippen molar-refractivity contribution in [2.24, 2.45) is 5.41 Å². The van der Waals surface area contributed by atoms with E-state index >= 15 is 0 Å². The third-order valence-corrected chi connectivity index (χ3v) is 4.61. The van der Waals surface area contributed by atoms with E-state index in [1.807, 2.05) is 0 Å². The van der Waals surface area contributed by atoms with Gasteiger partial charge >= 0.3 is 0 Å². The van der Waals surface area contributed by atoms with Gasteiger partial charge in [0.05, 0.1) is 13.2 Å². The van der Waals surface area contributed by atoms with Crippen molar-refractivity contribution in [1.29, 1.82) is 0 Å². The van der Waals surface area contributed by atoms with Gasteiger partial charge in [-0.05, 0) is 18.6 Å². The first-order valence-electron chi connectivity index (χ1n) is 6.89.